The Morgan fingerprint density at radius 1 is 1.15 bits per heavy atom. The van der Waals surface area contributed by atoms with Gasteiger partial charge in [-0.15, -0.1) is 0 Å². The minimum Gasteiger partial charge on any atom is -0.486 e. The van der Waals surface area contributed by atoms with E-state index < -0.39 is 9.84 Å². The summed E-state index contributed by atoms with van der Waals surface area (Å²) in [6.45, 7) is 3.25. The lowest BCUT2D eigenvalue weighted by molar-refractivity contribution is 0.0462. The maximum atomic E-state index is 13.0. The monoisotopic (exact) mass is 389 g/mol. The minimum atomic E-state index is -3.37. The third-order valence-electron chi connectivity index (χ3n) is 4.28. The van der Waals surface area contributed by atoms with Gasteiger partial charge in [0.15, 0.2) is 27.4 Å². The molecule has 0 saturated heterocycles. The molecule has 6 nitrogen and oxygen atoms in total. The maximum absolute atomic E-state index is 13.0. The van der Waals surface area contributed by atoms with Crippen LogP contribution in [0.25, 0.3) is 0 Å². The first kappa shape index (κ1) is 19.2. The minimum absolute atomic E-state index is 0.135. The second-order valence-corrected chi connectivity index (χ2v) is 8.56. The zero-order valence-electron chi connectivity index (χ0n) is 15.4. The molecule has 0 saturated carbocycles. The molecule has 0 spiro atoms. The van der Waals surface area contributed by atoms with Crippen LogP contribution in [0.1, 0.15) is 23.7 Å². The predicted octanol–water partition coefficient (Wildman–Crippen LogP) is 2.78. The summed E-state index contributed by atoms with van der Waals surface area (Å²) < 4.78 is 35.2. The van der Waals surface area contributed by atoms with E-state index in [0.717, 1.165) is 12.7 Å². The van der Waals surface area contributed by atoms with Gasteiger partial charge in [-0.05, 0) is 36.8 Å². The molecule has 0 N–H and O–H groups in total. The molecule has 7 heteroatoms. The maximum Gasteiger partial charge on any atom is 0.254 e. The topological polar surface area (TPSA) is 72.9 Å². The summed E-state index contributed by atoms with van der Waals surface area (Å²) in [5, 5.41) is 0. The predicted molar refractivity (Wildman–Crippen MR) is 102 cm³/mol. The third kappa shape index (κ3) is 4.60. The van der Waals surface area contributed by atoms with Gasteiger partial charge in [0, 0.05) is 18.4 Å². The first-order valence-corrected chi connectivity index (χ1v) is 10.8. The molecule has 1 aliphatic rings. The summed E-state index contributed by atoms with van der Waals surface area (Å²) in [5.74, 6) is 1.14. The van der Waals surface area contributed by atoms with Crippen molar-refractivity contribution < 1.29 is 22.7 Å². The van der Waals surface area contributed by atoms with Crippen molar-refractivity contribution in [2.75, 3.05) is 26.0 Å². The number of fused-ring (bicyclic) bond motifs is 1. The Balaban J connectivity index is 1.77. The normalized spacial score (nSPS) is 16.0. The van der Waals surface area contributed by atoms with E-state index in [9.17, 15) is 13.2 Å². The fourth-order valence-corrected chi connectivity index (χ4v) is 3.65. The highest BCUT2D eigenvalue weighted by Gasteiger charge is 2.26. The van der Waals surface area contributed by atoms with Crippen molar-refractivity contribution in [2.24, 2.45) is 0 Å². The smallest absolute Gasteiger partial charge is 0.254 e. The lowest BCUT2D eigenvalue weighted by atomic mass is 10.1. The molecule has 0 fully saturated rings. The second-order valence-electron chi connectivity index (χ2n) is 6.55. The largest absolute Gasteiger partial charge is 0.486 e. The molecule has 3 rings (SSSR count). The van der Waals surface area contributed by atoms with E-state index in [1.807, 2.05) is 31.2 Å². The Morgan fingerprint density at radius 3 is 2.59 bits per heavy atom. The number of hydrogen-bond acceptors (Lipinski definition) is 5. The van der Waals surface area contributed by atoms with Crippen molar-refractivity contribution >= 4 is 15.7 Å². The van der Waals surface area contributed by atoms with Crippen molar-refractivity contribution in [3.63, 3.8) is 0 Å². The molecule has 144 valence electrons. The van der Waals surface area contributed by atoms with E-state index in [4.69, 9.17) is 9.47 Å². The Morgan fingerprint density at radius 2 is 1.89 bits per heavy atom. The number of ether oxygens (including phenoxy) is 2. The van der Waals surface area contributed by atoms with Gasteiger partial charge in [-0.25, -0.2) is 8.42 Å². The molecule has 0 aliphatic carbocycles. The zero-order chi connectivity index (χ0) is 19.4. The average Bonchev–Trinajstić information content (AvgIpc) is 2.66. The lowest BCUT2D eigenvalue weighted by Gasteiger charge is -2.31. The van der Waals surface area contributed by atoms with Gasteiger partial charge in [-0.2, -0.15) is 0 Å². The number of sulfone groups is 1. The number of rotatable bonds is 6. The summed E-state index contributed by atoms with van der Waals surface area (Å²) in [6.07, 6.45) is 1.63. The number of carbonyl (C=O) groups excluding carboxylic acids is 1. The van der Waals surface area contributed by atoms with E-state index in [-0.39, 0.29) is 16.9 Å². The highest BCUT2D eigenvalue weighted by atomic mass is 32.2. The molecule has 1 amide bonds. The molecule has 0 bridgehead atoms. The van der Waals surface area contributed by atoms with Crippen molar-refractivity contribution in [3.05, 3.63) is 54.1 Å². The summed E-state index contributed by atoms with van der Waals surface area (Å²) in [7, 11) is -3.37. The van der Waals surface area contributed by atoms with E-state index in [0.29, 0.717) is 36.8 Å². The van der Waals surface area contributed by atoms with Crippen LogP contribution in [0, 0.1) is 0 Å². The molecule has 1 aliphatic heterocycles. The number of hydrogen-bond donors (Lipinski definition) is 0. The third-order valence-corrected chi connectivity index (χ3v) is 5.39. The van der Waals surface area contributed by atoms with Gasteiger partial charge < -0.3 is 14.4 Å². The number of benzene rings is 2. The molecule has 1 heterocycles. The van der Waals surface area contributed by atoms with E-state index in [1.165, 1.54) is 12.1 Å². The van der Waals surface area contributed by atoms with Crippen LogP contribution in [0.5, 0.6) is 11.5 Å². The van der Waals surface area contributed by atoms with Crippen LogP contribution in [-0.2, 0) is 9.84 Å². The Kier molecular flexibility index (Phi) is 5.70. The van der Waals surface area contributed by atoms with Gasteiger partial charge in [-0.3, -0.25) is 4.79 Å². The van der Waals surface area contributed by atoms with Gasteiger partial charge in [0.2, 0.25) is 0 Å². The molecule has 2 aromatic rings. The highest BCUT2D eigenvalue weighted by molar-refractivity contribution is 7.90. The Bertz CT molecular complexity index is 925. The molecule has 0 aromatic heterocycles. The average molecular weight is 389 g/mol. The number of nitrogens with zero attached hydrogens (tertiary/aromatic N) is 1. The summed E-state index contributed by atoms with van der Waals surface area (Å²) in [4.78, 5) is 14.8. The van der Waals surface area contributed by atoms with E-state index in [2.05, 4.69) is 0 Å². The molecular weight excluding hydrogens is 366 g/mol. The highest BCUT2D eigenvalue weighted by Crippen LogP contribution is 2.31. The van der Waals surface area contributed by atoms with Crippen molar-refractivity contribution in [2.45, 2.75) is 24.3 Å². The SMILES string of the molecule is CCCN(C[C@H]1COc2ccccc2O1)C(=O)c1cccc(S(C)(=O)=O)c1. The second kappa shape index (κ2) is 8.00. The summed E-state index contributed by atoms with van der Waals surface area (Å²) in [6, 6.07) is 13.6. The fraction of sp³-hybridized carbons (Fsp3) is 0.350. The van der Waals surface area contributed by atoms with Gasteiger partial charge in [0.05, 0.1) is 11.4 Å². The fourth-order valence-electron chi connectivity index (χ4n) is 2.99. The van der Waals surface area contributed by atoms with Crippen LogP contribution in [0.15, 0.2) is 53.4 Å². The molecular formula is C20H23NO5S. The van der Waals surface area contributed by atoms with E-state index >= 15 is 0 Å². The van der Waals surface area contributed by atoms with Crippen molar-refractivity contribution in [3.8, 4) is 11.5 Å². The number of carbonyl (C=O) groups is 1. The van der Waals surface area contributed by atoms with Crippen LogP contribution >= 0.6 is 0 Å². The standard InChI is InChI=1S/C20H23NO5S/c1-3-11-21(13-16-14-25-18-9-4-5-10-19(18)26-16)20(22)15-7-6-8-17(12-15)27(2,23)24/h4-10,12,16H,3,11,13-14H2,1-2H3/t16-/m0/s1. The number of amides is 1. The number of para-hydroxylation sites is 2. The van der Waals surface area contributed by atoms with Crippen LogP contribution in [0.2, 0.25) is 0 Å². The van der Waals surface area contributed by atoms with Crippen LogP contribution in [-0.4, -0.2) is 51.3 Å². The first-order chi connectivity index (χ1) is 12.9. The quantitative estimate of drug-likeness (QED) is 0.760. The van der Waals surface area contributed by atoms with E-state index in [1.54, 1.807) is 17.0 Å². The molecule has 1 atom stereocenters. The lowest BCUT2D eigenvalue weighted by Crippen LogP contribution is -2.44. The summed E-state index contributed by atoms with van der Waals surface area (Å²) in [5.41, 5.74) is 0.350. The summed E-state index contributed by atoms with van der Waals surface area (Å²) >= 11 is 0. The Labute approximate surface area is 159 Å². The van der Waals surface area contributed by atoms with Crippen LogP contribution in [0.4, 0.5) is 0 Å². The molecule has 2 aromatic carbocycles. The zero-order valence-corrected chi connectivity index (χ0v) is 16.2. The van der Waals surface area contributed by atoms with Crippen molar-refractivity contribution in [1.29, 1.82) is 0 Å². The van der Waals surface area contributed by atoms with Crippen LogP contribution in [0.3, 0.4) is 0 Å². The van der Waals surface area contributed by atoms with Gasteiger partial charge >= 0.3 is 0 Å². The van der Waals surface area contributed by atoms with Crippen LogP contribution < -0.4 is 9.47 Å². The first-order valence-electron chi connectivity index (χ1n) is 8.86. The van der Waals surface area contributed by atoms with Crippen molar-refractivity contribution in [1.82, 2.24) is 4.90 Å². The van der Waals surface area contributed by atoms with Gasteiger partial charge in [0.25, 0.3) is 5.91 Å². The molecule has 0 radical (unpaired) electrons. The Hall–Kier alpha value is -2.54. The molecule has 0 unspecified atom stereocenters. The van der Waals surface area contributed by atoms with Gasteiger partial charge in [-0.1, -0.05) is 25.1 Å². The molecule has 27 heavy (non-hydrogen) atoms. The van der Waals surface area contributed by atoms with Gasteiger partial charge in [0.1, 0.15) is 6.61 Å².